The highest BCUT2D eigenvalue weighted by atomic mass is 16.3. The first-order valence-corrected chi connectivity index (χ1v) is 7.45. The minimum Gasteiger partial charge on any atom is -0.393 e. The van der Waals surface area contributed by atoms with Crippen LogP contribution in [0.25, 0.3) is 0 Å². The Morgan fingerprint density at radius 3 is 1.33 bits per heavy atom. The van der Waals surface area contributed by atoms with Crippen molar-refractivity contribution in [1.82, 2.24) is 12.3 Å². The molecule has 0 aliphatic heterocycles. The first-order valence-electron chi connectivity index (χ1n) is 7.45. The van der Waals surface area contributed by atoms with Crippen molar-refractivity contribution in [2.45, 2.75) is 97.0 Å². The molecule has 114 valence electrons. The summed E-state index contributed by atoms with van der Waals surface area (Å²) in [4.78, 5) is 0. The highest BCUT2D eigenvalue weighted by molar-refractivity contribution is 4.50. The molecule has 0 saturated carbocycles. The van der Waals surface area contributed by atoms with Gasteiger partial charge in [0.25, 0.3) is 0 Å². The molecule has 1 unspecified atom stereocenters. The normalized spacial score (nSPS) is 11.5. The van der Waals surface area contributed by atoms with E-state index in [-0.39, 0.29) is 18.4 Å². The summed E-state index contributed by atoms with van der Waals surface area (Å²) in [7, 11) is 0. The van der Waals surface area contributed by atoms with Crippen molar-refractivity contribution in [2.24, 2.45) is 0 Å². The second-order valence-electron chi connectivity index (χ2n) is 5.17. The van der Waals surface area contributed by atoms with E-state index in [0.29, 0.717) is 0 Å². The predicted molar refractivity (Wildman–Crippen MR) is 82.8 cm³/mol. The number of rotatable bonds is 12. The van der Waals surface area contributed by atoms with Crippen LogP contribution in [-0.2, 0) is 0 Å². The Balaban J connectivity index is -0.00000112. The van der Waals surface area contributed by atoms with Crippen LogP contribution in [0.1, 0.15) is 90.9 Å². The van der Waals surface area contributed by atoms with Crippen molar-refractivity contribution in [2.75, 3.05) is 0 Å². The zero-order valence-electron chi connectivity index (χ0n) is 12.9. The maximum Gasteiger partial charge on any atom is 0.0512 e. The maximum absolute atomic E-state index is 9.10. The Kier molecular flexibility index (Phi) is 24.6. The molecule has 0 radical (unpaired) electrons. The first kappa shape index (κ1) is 23.0. The van der Waals surface area contributed by atoms with Crippen LogP contribution in [0.3, 0.4) is 0 Å². The van der Waals surface area contributed by atoms with E-state index in [0.717, 1.165) is 6.42 Å². The molecule has 0 heterocycles. The molecule has 0 aliphatic rings. The summed E-state index contributed by atoms with van der Waals surface area (Å²) in [6.45, 7) is 4.16. The number of unbranched alkanes of at least 4 members (excludes halogenated alkanes) is 10. The SMILES string of the molecule is CCCCCCCCCCCCCC(C)O.N.N. The van der Waals surface area contributed by atoms with E-state index in [1.807, 2.05) is 6.92 Å². The second-order valence-corrected chi connectivity index (χ2v) is 5.17. The van der Waals surface area contributed by atoms with Gasteiger partial charge in [0.2, 0.25) is 0 Å². The Bertz CT molecular complexity index is 130. The van der Waals surface area contributed by atoms with Gasteiger partial charge in [0, 0.05) is 0 Å². The van der Waals surface area contributed by atoms with Crippen LogP contribution in [0.4, 0.5) is 0 Å². The highest BCUT2D eigenvalue weighted by Gasteiger charge is 1.95. The zero-order valence-corrected chi connectivity index (χ0v) is 12.9. The summed E-state index contributed by atoms with van der Waals surface area (Å²) in [5.74, 6) is 0. The van der Waals surface area contributed by atoms with E-state index in [2.05, 4.69) is 6.92 Å². The average molecular weight is 262 g/mol. The Hall–Kier alpha value is -0.120. The monoisotopic (exact) mass is 262 g/mol. The fourth-order valence-corrected chi connectivity index (χ4v) is 2.10. The average Bonchev–Trinajstić information content (AvgIpc) is 2.25. The third-order valence-corrected chi connectivity index (χ3v) is 3.23. The van der Waals surface area contributed by atoms with Crippen molar-refractivity contribution < 1.29 is 5.11 Å². The molecule has 0 saturated heterocycles. The molecule has 0 fully saturated rings. The van der Waals surface area contributed by atoms with E-state index < -0.39 is 0 Å². The third kappa shape index (κ3) is 21.2. The molecule has 0 bridgehead atoms. The van der Waals surface area contributed by atoms with Gasteiger partial charge in [-0.25, -0.2) is 0 Å². The van der Waals surface area contributed by atoms with Gasteiger partial charge in [0.15, 0.2) is 0 Å². The minimum atomic E-state index is -0.0986. The number of hydrogen-bond acceptors (Lipinski definition) is 3. The molecular formula is C15H38N2O. The van der Waals surface area contributed by atoms with Gasteiger partial charge in [-0.3, -0.25) is 0 Å². The molecule has 0 aromatic rings. The second kappa shape index (κ2) is 19.2. The van der Waals surface area contributed by atoms with Gasteiger partial charge < -0.3 is 17.4 Å². The van der Waals surface area contributed by atoms with Gasteiger partial charge in [-0.2, -0.15) is 0 Å². The molecule has 0 rings (SSSR count). The Labute approximate surface area is 115 Å². The largest absolute Gasteiger partial charge is 0.393 e. The lowest BCUT2D eigenvalue weighted by atomic mass is 10.0. The van der Waals surface area contributed by atoms with Crippen LogP contribution in [0.2, 0.25) is 0 Å². The van der Waals surface area contributed by atoms with Gasteiger partial charge in [-0.15, -0.1) is 0 Å². The first-order chi connectivity index (χ1) is 7.77. The van der Waals surface area contributed by atoms with E-state index in [9.17, 15) is 0 Å². The van der Waals surface area contributed by atoms with Crippen LogP contribution in [0.5, 0.6) is 0 Å². The molecule has 0 spiro atoms. The topological polar surface area (TPSA) is 90.2 Å². The molecule has 7 N–H and O–H groups in total. The van der Waals surface area contributed by atoms with E-state index in [4.69, 9.17) is 5.11 Å². The number of aliphatic hydroxyl groups excluding tert-OH is 1. The van der Waals surface area contributed by atoms with Gasteiger partial charge in [0.05, 0.1) is 6.10 Å². The van der Waals surface area contributed by atoms with E-state index >= 15 is 0 Å². The maximum atomic E-state index is 9.10. The quantitative estimate of drug-likeness (QED) is 0.412. The molecule has 0 amide bonds. The van der Waals surface area contributed by atoms with Crippen molar-refractivity contribution in [1.29, 1.82) is 0 Å². The molecule has 3 heteroatoms. The molecule has 1 atom stereocenters. The molecule has 18 heavy (non-hydrogen) atoms. The van der Waals surface area contributed by atoms with Crippen molar-refractivity contribution in [3.63, 3.8) is 0 Å². The Morgan fingerprint density at radius 1 is 0.667 bits per heavy atom. The summed E-state index contributed by atoms with van der Waals surface area (Å²) in [5, 5.41) is 9.10. The lowest BCUT2D eigenvalue weighted by molar-refractivity contribution is 0.180. The van der Waals surface area contributed by atoms with E-state index in [1.165, 1.54) is 70.6 Å². The summed E-state index contributed by atoms with van der Waals surface area (Å²) < 4.78 is 0. The third-order valence-electron chi connectivity index (χ3n) is 3.23. The summed E-state index contributed by atoms with van der Waals surface area (Å²) >= 11 is 0. The van der Waals surface area contributed by atoms with E-state index in [1.54, 1.807) is 0 Å². The van der Waals surface area contributed by atoms with Crippen LogP contribution in [0.15, 0.2) is 0 Å². The van der Waals surface area contributed by atoms with Crippen LogP contribution in [-0.4, -0.2) is 11.2 Å². The fourth-order valence-electron chi connectivity index (χ4n) is 2.10. The minimum absolute atomic E-state index is 0. The van der Waals surface area contributed by atoms with Crippen LogP contribution < -0.4 is 12.3 Å². The lowest BCUT2D eigenvalue weighted by Crippen LogP contribution is -1.98. The van der Waals surface area contributed by atoms with Gasteiger partial charge in [0.1, 0.15) is 0 Å². The van der Waals surface area contributed by atoms with Gasteiger partial charge in [-0.05, 0) is 13.3 Å². The summed E-state index contributed by atoms with van der Waals surface area (Å²) in [6.07, 6.45) is 16.1. The fraction of sp³-hybridized carbons (Fsp3) is 1.00. The van der Waals surface area contributed by atoms with Crippen molar-refractivity contribution >= 4 is 0 Å². The lowest BCUT2D eigenvalue weighted by Gasteiger charge is -2.04. The molecule has 0 aromatic heterocycles. The number of aliphatic hydroxyl groups is 1. The van der Waals surface area contributed by atoms with Crippen LogP contribution >= 0.6 is 0 Å². The predicted octanol–water partition coefficient (Wildman–Crippen LogP) is 5.39. The van der Waals surface area contributed by atoms with Crippen molar-refractivity contribution in [3.05, 3.63) is 0 Å². The number of hydrogen-bond donors (Lipinski definition) is 3. The molecule has 0 aromatic carbocycles. The summed E-state index contributed by atoms with van der Waals surface area (Å²) in [6, 6.07) is 0. The van der Waals surface area contributed by atoms with Crippen molar-refractivity contribution in [3.8, 4) is 0 Å². The molecule has 0 aliphatic carbocycles. The highest BCUT2D eigenvalue weighted by Crippen LogP contribution is 2.12. The zero-order chi connectivity index (χ0) is 12.1. The Morgan fingerprint density at radius 2 is 1.00 bits per heavy atom. The standard InChI is InChI=1S/C15H32O.2H3N/c1-3-4-5-6-7-8-9-10-11-12-13-14-15(2)16;;/h15-16H,3-14H2,1-2H3;2*1H3. The van der Waals surface area contributed by atoms with Gasteiger partial charge >= 0.3 is 0 Å². The summed E-state index contributed by atoms with van der Waals surface area (Å²) in [5.41, 5.74) is 0. The van der Waals surface area contributed by atoms with Crippen LogP contribution in [0, 0.1) is 0 Å². The molecular weight excluding hydrogens is 224 g/mol. The smallest absolute Gasteiger partial charge is 0.0512 e. The molecule has 3 nitrogen and oxygen atoms in total. The van der Waals surface area contributed by atoms with Gasteiger partial charge in [-0.1, -0.05) is 77.6 Å².